The van der Waals surface area contributed by atoms with Crippen LogP contribution in [0.2, 0.25) is 0 Å². The van der Waals surface area contributed by atoms with Gasteiger partial charge >= 0.3 is 0 Å². The Morgan fingerprint density at radius 3 is 2.87 bits per heavy atom. The average molecular weight is 204 g/mol. The molecule has 0 amide bonds. The summed E-state index contributed by atoms with van der Waals surface area (Å²) < 4.78 is 0. The maximum Gasteiger partial charge on any atom is 0.0459 e. The van der Waals surface area contributed by atoms with Gasteiger partial charge in [-0.1, -0.05) is 50.3 Å². The molecule has 1 aromatic rings. The van der Waals surface area contributed by atoms with Crippen molar-refractivity contribution in [2.24, 2.45) is 5.92 Å². The van der Waals surface area contributed by atoms with Gasteiger partial charge in [0, 0.05) is 6.61 Å². The van der Waals surface area contributed by atoms with E-state index in [1.54, 1.807) is 0 Å². The molecule has 1 rings (SSSR count). The third-order valence-corrected chi connectivity index (χ3v) is 2.52. The first kappa shape index (κ1) is 12.0. The minimum atomic E-state index is 0.263. The highest BCUT2D eigenvalue weighted by Gasteiger charge is 1.95. The fourth-order valence-corrected chi connectivity index (χ4v) is 1.43. The summed E-state index contributed by atoms with van der Waals surface area (Å²) in [5, 5.41) is 8.88. The molecule has 1 nitrogen and oxygen atoms in total. The first-order chi connectivity index (χ1) is 7.26. The summed E-state index contributed by atoms with van der Waals surface area (Å²) >= 11 is 0. The second-order valence-corrected chi connectivity index (χ2v) is 4.02. The molecule has 1 atom stereocenters. The molecule has 0 fully saturated rings. The minimum absolute atomic E-state index is 0.263. The molecular formula is C14H20O. The normalized spacial score (nSPS) is 13.3. The van der Waals surface area contributed by atoms with E-state index in [9.17, 15) is 0 Å². The fraction of sp³-hybridized carbons (Fsp3) is 0.429. The highest BCUT2D eigenvalue weighted by Crippen LogP contribution is 2.09. The Kier molecular flexibility index (Phi) is 5.13. The summed E-state index contributed by atoms with van der Waals surface area (Å²) in [6.45, 7) is 4.48. The Morgan fingerprint density at radius 2 is 2.20 bits per heavy atom. The predicted molar refractivity (Wildman–Crippen MR) is 65.7 cm³/mol. The quantitative estimate of drug-likeness (QED) is 0.780. The van der Waals surface area contributed by atoms with Crippen LogP contribution < -0.4 is 0 Å². The van der Waals surface area contributed by atoms with Gasteiger partial charge in [0.25, 0.3) is 0 Å². The number of hydrogen-bond acceptors (Lipinski definition) is 1. The number of benzene rings is 1. The van der Waals surface area contributed by atoms with E-state index in [1.165, 1.54) is 11.1 Å². The van der Waals surface area contributed by atoms with Crippen LogP contribution >= 0.6 is 0 Å². The van der Waals surface area contributed by atoms with E-state index in [0.29, 0.717) is 5.92 Å². The second-order valence-electron chi connectivity index (χ2n) is 4.02. The van der Waals surface area contributed by atoms with Crippen molar-refractivity contribution in [2.45, 2.75) is 26.7 Å². The maximum atomic E-state index is 8.88. The molecule has 1 N–H and O–H groups in total. The molecule has 0 bridgehead atoms. The van der Waals surface area contributed by atoms with Gasteiger partial charge in [-0.05, 0) is 29.9 Å². The van der Waals surface area contributed by atoms with Crippen LogP contribution in [-0.4, -0.2) is 11.7 Å². The van der Waals surface area contributed by atoms with Gasteiger partial charge in [-0.2, -0.15) is 0 Å². The molecule has 0 aromatic heterocycles. The first-order valence-corrected chi connectivity index (χ1v) is 5.62. The number of aliphatic hydroxyl groups excluding tert-OH is 1. The van der Waals surface area contributed by atoms with E-state index in [0.717, 1.165) is 12.8 Å². The molecule has 0 aliphatic heterocycles. The van der Waals surface area contributed by atoms with Crippen molar-refractivity contribution in [3.8, 4) is 0 Å². The molecule has 1 heteroatoms. The molecule has 0 saturated heterocycles. The fourth-order valence-electron chi connectivity index (χ4n) is 1.43. The molecule has 82 valence electrons. The van der Waals surface area contributed by atoms with Crippen molar-refractivity contribution < 1.29 is 5.11 Å². The van der Waals surface area contributed by atoms with Crippen LogP contribution in [0.5, 0.6) is 0 Å². The summed E-state index contributed by atoms with van der Waals surface area (Å²) in [6.07, 6.45) is 6.28. The second kappa shape index (κ2) is 6.41. The van der Waals surface area contributed by atoms with Crippen molar-refractivity contribution in [3.63, 3.8) is 0 Å². The van der Waals surface area contributed by atoms with Crippen molar-refractivity contribution in [1.82, 2.24) is 0 Å². The summed E-state index contributed by atoms with van der Waals surface area (Å²) in [5.41, 5.74) is 2.62. The highest BCUT2D eigenvalue weighted by molar-refractivity contribution is 5.50. The Hall–Kier alpha value is -1.08. The zero-order chi connectivity index (χ0) is 11.1. The van der Waals surface area contributed by atoms with Crippen molar-refractivity contribution in [3.05, 3.63) is 41.5 Å². The Bertz CT molecular complexity index is 315. The largest absolute Gasteiger partial charge is 0.396 e. The Balaban J connectivity index is 2.56. The molecule has 0 unspecified atom stereocenters. The highest BCUT2D eigenvalue weighted by atomic mass is 16.3. The third kappa shape index (κ3) is 4.30. The summed E-state index contributed by atoms with van der Waals surface area (Å²) in [4.78, 5) is 0. The van der Waals surface area contributed by atoms with Crippen LogP contribution in [-0.2, 0) is 6.42 Å². The molecule has 0 spiro atoms. The molecule has 0 saturated carbocycles. The zero-order valence-corrected chi connectivity index (χ0v) is 9.61. The van der Waals surface area contributed by atoms with Gasteiger partial charge in [0.2, 0.25) is 0 Å². The summed E-state index contributed by atoms with van der Waals surface area (Å²) in [7, 11) is 0. The lowest BCUT2D eigenvalue weighted by Crippen LogP contribution is -1.97. The van der Waals surface area contributed by atoms with Crippen LogP contribution in [0.25, 0.3) is 6.08 Å². The van der Waals surface area contributed by atoms with Crippen molar-refractivity contribution >= 4 is 6.08 Å². The molecule has 15 heavy (non-hydrogen) atoms. The van der Waals surface area contributed by atoms with E-state index in [4.69, 9.17) is 5.11 Å². The van der Waals surface area contributed by atoms with E-state index in [2.05, 4.69) is 43.3 Å². The van der Waals surface area contributed by atoms with Gasteiger partial charge in [0.15, 0.2) is 0 Å². The van der Waals surface area contributed by atoms with E-state index < -0.39 is 0 Å². The van der Waals surface area contributed by atoms with Crippen LogP contribution in [0.3, 0.4) is 0 Å². The average Bonchev–Trinajstić information content (AvgIpc) is 2.29. The number of hydrogen-bond donors (Lipinski definition) is 1. The van der Waals surface area contributed by atoms with Crippen LogP contribution in [0.1, 0.15) is 31.4 Å². The molecule has 0 aliphatic rings. The number of rotatable bonds is 5. The van der Waals surface area contributed by atoms with Gasteiger partial charge in [0.05, 0.1) is 0 Å². The minimum Gasteiger partial charge on any atom is -0.396 e. The van der Waals surface area contributed by atoms with Gasteiger partial charge in [-0.15, -0.1) is 0 Å². The van der Waals surface area contributed by atoms with Crippen LogP contribution in [0.4, 0.5) is 0 Å². The van der Waals surface area contributed by atoms with Crippen LogP contribution in [0.15, 0.2) is 30.3 Å². The first-order valence-electron chi connectivity index (χ1n) is 5.62. The smallest absolute Gasteiger partial charge is 0.0459 e. The zero-order valence-electron chi connectivity index (χ0n) is 9.61. The van der Waals surface area contributed by atoms with Crippen molar-refractivity contribution in [2.75, 3.05) is 6.61 Å². The number of aryl methyl sites for hydroxylation is 1. The van der Waals surface area contributed by atoms with Gasteiger partial charge in [0.1, 0.15) is 0 Å². The summed E-state index contributed by atoms with van der Waals surface area (Å²) in [6, 6.07) is 8.56. The standard InChI is InChI=1S/C14H20O/c1-3-13-7-5-9-14(10-13)8-4-6-12(2)11-15/h4-5,7-10,12,15H,3,6,11H2,1-2H3/b8-4+/t12-/m1/s1. The Labute approximate surface area is 92.5 Å². The molecule has 1 aromatic carbocycles. The lowest BCUT2D eigenvalue weighted by atomic mass is 10.1. The van der Waals surface area contributed by atoms with E-state index >= 15 is 0 Å². The molecule has 0 aliphatic carbocycles. The lowest BCUT2D eigenvalue weighted by Gasteiger charge is -2.02. The lowest BCUT2D eigenvalue weighted by molar-refractivity contribution is 0.239. The SMILES string of the molecule is CCc1cccc(/C=C/C[C@@H](C)CO)c1. The molecule has 0 heterocycles. The Morgan fingerprint density at radius 1 is 1.40 bits per heavy atom. The monoisotopic (exact) mass is 204 g/mol. The number of aliphatic hydroxyl groups is 1. The summed E-state index contributed by atoms with van der Waals surface area (Å²) in [5.74, 6) is 0.357. The van der Waals surface area contributed by atoms with Gasteiger partial charge < -0.3 is 5.11 Å². The van der Waals surface area contributed by atoms with Crippen LogP contribution in [0, 0.1) is 5.92 Å². The van der Waals surface area contributed by atoms with Gasteiger partial charge in [-0.25, -0.2) is 0 Å². The van der Waals surface area contributed by atoms with E-state index in [1.807, 2.05) is 6.92 Å². The molecular weight excluding hydrogens is 184 g/mol. The van der Waals surface area contributed by atoms with E-state index in [-0.39, 0.29) is 6.61 Å². The number of allylic oxidation sites excluding steroid dienone is 1. The predicted octanol–water partition coefficient (Wildman–Crippen LogP) is 3.28. The maximum absolute atomic E-state index is 8.88. The molecule has 0 radical (unpaired) electrons. The van der Waals surface area contributed by atoms with Crippen molar-refractivity contribution in [1.29, 1.82) is 0 Å². The topological polar surface area (TPSA) is 20.2 Å². The van der Waals surface area contributed by atoms with Gasteiger partial charge in [-0.3, -0.25) is 0 Å². The third-order valence-electron chi connectivity index (χ3n) is 2.52.